The Bertz CT molecular complexity index is 603. The standard InChI is InChI=1S/C11H13BrN2O5S/c1-19-14-11(16)7-20(17,18)6-10(15)13-9-4-2-3-8(12)5-9/h2-5H,6-7H2,1H3,(H,13,15)(H,14,16). The summed E-state index contributed by atoms with van der Waals surface area (Å²) >= 11 is 3.23. The Labute approximate surface area is 124 Å². The van der Waals surface area contributed by atoms with Crippen LogP contribution in [-0.2, 0) is 24.3 Å². The lowest BCUT2D eigenvalue weighted by molar-refractivity contribution is -0.128. The van der Waals surface area contributed by atoms with E-state index in [1.165, 1.54) is 7.11 Å². The van der Waals surface area contributed by atoms with E-state index in [1.54, 1.807) is 24.3 Å². The van der Waals surface area contributed by atoms with Gasteiger partial charge in [0.2, 0.25) is 5.91 Å². The van der Waals surface area contributed by atoms with E-state index in [0.29, 0.717) is 5.69 Å². The highest BCUT2D eigenvalue weighted by molar-refractivity contribution is 9.10. The van der Waals surface area contributed by atoms with Crippen molar-refractivity contribution in [2.75, 3.05) is 23.9 Å². The molecule has 1 aromatic rings. The number of hydrogen-bond acceptors (Lipinski definition) is 5. The van der Waals surface area contributed by atoms with E-state index in [1.807, 2.05) is 5.48 Å². The number of amides is 2. The van der Waals surface area contributed by atoms with Gasteiger partial charge in [-0.15, -0.1) is 0 Å². The Hall–Kier alpha value is -1.45. The van der Waals surface area contributed by atoms with Crippen molar-refractivity contribution in [2.24, 2.45) is 0 Å². The summed E-state index contributed by atoms with van der Waals surface area (Å²) in [5.74, 6) is -3.14. The molecule has 0 heterocycles. The van der Waals surface area contributed by atoms with Crippen LogP contribution in [-0.4, -0.2) is 38.8 Å². The van der Waals surface area contributed by atoms with Gasteiger partial charge in [0, 0.05) is 10.2 Å². The number of carbonyl (C=O) groups excluding carboxylic acids is 2. The number of carbonyl (C=O) groups is 2. The average molecular weight is 365 g/mol. The van der Waals surface area contributed by atoms with Crippen LogP contribution in [0.3, 0.4) is 0 Å². The summed E-state index contributed by atoms with van der Waals surface area (Å²) in [4.78, 5) is 27.0. The minimum absolute atomic E-state index is 0.459. The summed E-state index contributed by atoms with van der Waals surface area (Å²) in [7, 11) is -2.66. The summed E-state index contributed by atoms with van der Waals surface area (Å²) in [5, 5.41) is 2.43. The van der Waals surface area contributed by atoms with Gasteiger partial charge in [-0.2, -0.15) is 0 Å². The lowest BCUT2D eigenvalue weighted by Crippen LogP contribution is -2.33. The molecule has 1 rings (SSSR count). The molecule has 0 bridgehead atoms. The monoisotopic (exact) mass is 364 g/mol. The summed E-state index contributed by atoms with van der Waals surface area (Å²) in [6, 6.07) is 6.71. The number of hydrogen-bond donors (Lipinski definition) is 2. The number of anilines is 1. The molecule has 0 unspecified atom stereocenters. The molecule has 0 aromatic heterocycles. The third kappa shape index (κ3) is 6.13. The van der Waals surface area contributed by atoms with Crippen LogP contribution in [0.15, 0.2) is 28.7 Å². The molecule has 2 amide bonds. The number of sulfone groups is 1. The van der Waals surface area contributed by atoms with Crippen LogP contribution in [0.25, 0.3) is 0 Å². The van der Waals surface area contributed by atoms with Crippen molar-refractivity contribution in [3.63, 3.8) is 0 Å². The summed E-state index contributed by atoms with van der Waals surface area (Å²) in [6.07, 6.45) is 0. The quantitative estimate of drug-likeness (QED) is 0.714. The van der Waals surface area contributed by atoms with Crippen LogP contribution in [0.1, 0.15) is 0 Å². The number of benzene rings is 1. The molecule has 2 N–H and O–H groups in total. The second kappa shape index (κ2) is 7.36. The molecule has 0 spiro atoms. The van der Waals surface area contributed by atoms with E-state index in [-0.39, 0.29) is 0 Å². The number of hydroxylamine groups is 1. The van der Waals surface area contributed by atoms with Crippen molar-refractivity contribution in [1.29, 1.82) is 0 Å². The predicted octanol–water partition coefficient (Wildman–Crippen LogP) is 0.480. The predicted molar refractivity (Wildman–Crippen MR) is 76.6 cm³/mol. The van der Waals surface area contributed by atoms with Gasteiger partial charge in [0.05, 0.1) is 7.11 Å². The average Bonchev–Trinajstić information content (AvgIpc) is 2.26. The molecule has 0 aliphatic rings. The molecule has 0 atom stereocenters. The van der Waals surface area contributed by atoms with Crippen molar-refractivity contribution in [3.05, 3.63) is 28.7 Å². The maximum atomic E-state index is 11.6. The Morgan fingerprint density at radius 2 is 1.90 bits per heavy atom. The van der Waals surface area contributed by atoms with Crippen molar-refractivity contribution < 1.29 is 22.8 Å². The Morgan fingerprint density at radius 1 is 1.25 bits per heavy atom. The largest absolute Gasteiger partial charge is 0.325 e. The fourth-order valence-electron chi connectivity index (χ4n) is 1.36. The highest BCUT2D eigenvalue weighted by Crippen LogP contribution is 2.15. The molecule has 20 heavy (non-hydrogen) atoms. The van der Waals surface area contributed by atoms with E-state index in [9.17, 15) is 18.0 Å². The van der Waals surface area contributed by atoms with Crippen LogP contribution >= 0.6 is 15.9 Å². The van der Waals surface area contributed by atoms with Gasteiger partial charge in [-0.3, -0.25) is 14.4 Å². The molecule has 1 aromatic carbocycles. The maximum absolute atomic E-state index is 11.6. The van der Waals surface area contributed by atoms with Crippen molar-refractivity contribution in [1.82, 2.24) is 5.48 Å². The van der Waals surface area contributed by atoms with Crippen LogP contribution in [0.4, 0.5) is 5.69 Å². The molecule has 0 radical (unpaired) electrons. The van der Waals surface area contributed by atoms with Crippen molar-refractivity contribution >= 4 is 43.3 Å². The summed E-state index contributed by atoms with van der Waals surface area (Å²) < 4.78 is 23.9. The number of nitrogens with one attached hydrogen (secondary N) is 2. The second-order valence-electron chi connectivity index (χ2n) is 3.82. The number of halogens is 1. The third-order valence-electron chi connectivity index (χ3n) is 2.03. The van der Waals surface area contributed by atoms with Gasteiger partial charge in [-0.1, -0.05) is 22.0 Å². The normalized spacial score (nSPS) is 10.9. The Balaban J connectivity index is 2.59. The summed E-state index contributed by atoms with van der Waals surface area (Å²) in [5.41, 5.74) is 2.34. The maximum Gasteiger partial charge on any atom is 0.258 e. The summed E-state index contributed by atoms with van der Waals surface area (Å²) in [6.45, 7) is 0. The molecule has 0 saturated heterocycles. The first kappa shape index (κ1) is 16.6. The number of rotatable bonds is 6. The van der Waals surface area contributed by atoms with Gasteiger partial charge in [-0.05, 0) is 18.2 Å². The fraction of sp³-hybridized carbons (Fsp3) is 0.273. The SMILES string of the molecule is CONC(=O)CS(=O)(=O)CC(=O)Nc1cccc(Br)c1. The zero-order valence-corrected chi connectivity index (χ0v) is 13.0. The third-order valence-corrected chi connectivity index (χ3v) is 3.92. The molecule has 110 valence electrons. The van der Waals surface area contributed by atoms with Gasteiger partial charge >= 0.3 is 0 Å². The van der Waals surface area contributed by atoms with Crippen molar-refractivity contribution in [2.45, 2.75) is 0 Å². The Kier molecular flexibility index (Phi) is 6.11. The minimum Gasteiger partial charge on any atom is -0.325 e. The topological polar surface area (TPSA) is 102 Å². The van der Waals surface area contributed by atoms with E-state index in [2.05, 4.69) is 26.1 Å². The Morgan fingerprint density at radius 3 is 2.50 bits per heavy atom. The van der Waals surface area contributed by atoms with Crippen LogP contribution in [0, 0.1) is 0 Å². The molecular weight excluding hydrogens is 352 g/mol. The smallest absolute Gasteiger partial charge is 0.258 e. The lowest BCUT2D eigenvalue weighted by Gasteiger charge is -2.06. The molecule has 0 aliphatic heterocycles. The molecular formula is C11H13BrN2O5S. The van der Waals surface area contributed by atoms with E-state index in [4.69, 9.17) is 0 Å². The second-order valence-corrected chi connectivity index (χ2v) is 6.80. The highest BCUT2D eigenvalue weighted by atomic mass is 79.9. The zero-order valence-electron chi connectivity index (χ0n) is 10.6. The van der Waals surface area contributed by atoms with E-state index < -0.39 is 33.2 Å². The first-order valence-corrected chi connectivity index (χ1v) is 8.01. The first-order chi connectivity index (χ1) is 9.32. The van der Waals surface area contributed by atoms with Gasteiger partial charge < -0.3 is 5.32 Å². The van der Waals surface area contributed by atoms with Crippen LogP contribution in [0.2, 0.25) is 0 Å². The minimum atomic E-state index is -3.85. The van der Waals surface area contributed by atoms with Crippen molar-refractivity contribution in [3.8, 4) is 0 Å². The fourth-order valence-corrected chi connectivity index (χ4v) is 2.79. The van der Waals surface area contributed by atoms with Gasteiger partial charge in [-0.25, -0.2) is 13.9 Å². The first-order valence-electron chi connectivity index (χ1n) is 5.40. The van der Waals surface area contributed by atoms with Crippen LogP contribution < -0.4 is 10.8 Å². The van der Waals surface area contributed by atoms with Crippen LogP contribution in [0.5, 0.6) is 0 Å². The van der Waals surface area contributed by atoms with E-state index >= 15 is 0 Å². The van der Waals surface area contributed by atoms with Gasteiger partial charge in [0.15, 0.2) is 9.84 Å². The molecule has 9 heteroatoms. The van der Waals surface area contributed by atoms with Gasteiger partial charge in [0.1, 0.15) is 11.5 Å². The lowest BCUT2D eigenvalue weighted by atomic mass is 10.3. The highest BCUT2D eigenvalue weighted by Gasteiger charge is 2.20. The molecule has 0 aliphatic carbocycles. The molecule has 0 saturated carbocycles. The van der Waals surface area contributed by atoms with E-state index in [0.717, 1.165) is 4.47 Å². The van der Waals surface area contributed by atoms with Gasteiger partial charge in [0.25, 0.3) is 5.91 Å². The molecule has 7 nitrogen and oxygen atoms in total. The zero-order chi connectivity index (χ0) is 15.2. The molecule has 0 fully saturated rings.